The Hall–Kier alpha value is -1.33. The highest BCUT2D eigenvalue weighted by atomic mass is 16.5. The van der Waals surface area contributed by atoms with E-state index in [9.17, 15) is 9.90 Å². The van der Waals surface area contributed by atoms with E-state index in [1.807, 2.05) is 13.8 Å². The first kappa shape index (κ1) is 14.7. The molecule has 1 unspecified atom stereocenters. The number of hydrogen-bond donors (Lipinski definition) is 1. The van der Waals surface area contributed by atoms with Gasteiger partial charge in [-0.1, -0.05) is 0 Å². The molecule has 0 saturated heterocycles. The Kier molecular flexibility index (Phi) is 5.37. The molecule has 1 N–H and O–H groups in total. The van der Waals surface area contributed by atoms with Crippen molar-refractivity contribution >= 4 is 5.97 Å². The quantitative estimate of drug-likeness (QED) is 0.783. The van der Waals surface area contributed by atoms with E-state index in [1.54, 1.807) is 13.0 Å². The fourth-order valence-electron chi connectivity index (χ4n) is 1.75. The molecule has 1 aromatic heterocycles. The lowest BCUT2D eigenvalue weighted by Crippen LogP contribution is -2.36. The van der Waals surface area contributed by atoms with Crippen LogP contribution < -0.4 is 0 Å². The minimum absolute atomic E-state index is 0.230. The van der Waals surface area contributed by atoms with Crippen LogP contribution in [-0.2, 0) is 11.3 Å². The first-order valence-corrected chi connectivity index (χ1v) is 6.02. The number of esters is 1. The molecule has 0 spiro atoms. The highest BCUT2D eigenvalue weighted by Crippen LogP contribution is 2.16. The molecule has 5 nitrogen and oxygen atoms in total. The van der Waals surface area contributed by atoms with Gasteiger partial charge in [0, 0.05) is 24.7 Å². The van der Waals surface area contributed by atoms with Crippen LogP contribution in [0, 0.1) is 0 Å². The number of rotatable bonds is 6. The summed E-state index contributed by atoms with van der Waals surface area (Å²) in [7, 11) is 1.32. The van der Waals surface area contributed by atoms with Crippen LogP contribution in [0.3, 0.4) is 0 Å². The van der Waals surface area contributed by atoms with Crippen molar-refractivity contribution in [2.75, 3.05) is 13.7 Å². The first-order chi connectivity index (χ1) is 8.45. The van der Waals surface area contributed by atoms with Gasteiger partial charge in [-0.25, -0.2) is 4.79 Å². The topological polar surface area (TPSA) is 62.9 Å². The van der Waals surface area contributed by atoms with Crippen LogP contribution in [0.2, 0.25) is 0 Å². The molecular weight excluding hydrogens is 234 g/mol. The fraction of sp³-hybridized carbons (Fsp3) is 0.615. The Morgan fingerprint density at radius 1 is 1.50 bits per heavy atom. The van der Waals surface area contributed by atoms with Crippen LogP contribution in [0.15, 0.2) is 16.7 Å². The standard InChI is InChI=1S/C13H21NO4/c1-9(2)14(7-10(3)15)8-11-5-6-18-12(11)13(16)17-4/h5-6,9-10,15H,7-8H2,1-4H3. The van der Waals surface area contributed by atoms with Gasteiger partial charge in [0.1, 0.15) is 0 Å². The van der Waals surface area contributed by atoms with E-state index < -0.39 is 12.1 Å². The Labute approximate surface area is 107 Å². The van der Waals surface area contributed by atoms with E-state index in [0.717, 1.165) is 5.56 Å². The van der Waals surface area contributed by atoms with Crippen LogP contribution in [0.4, 0.5) is 0 Å². The van der Waals surface area contributed by atoms with Gasteiger partial charge in [0.05, 0.1) is 19.5 Å². The van der Waals surface area contributed by atoms with Crippen LogP contribution in [0.25, 0.3) is 0 Å². The van der Waals surface area contributed by atoms with E-state index in [-0.39, 0.29) is 11.8 Å². The fourth-order valence-corrected chi connectivity index (χ4v) is 1.75. The molecule has 0 aliphatic rings. The van der Waals surface area contributed by atoms with Crippen molar-refractivity contribution in [2.45, 2.75) is 39.5 Å². The largest absolute Gasteiger partial charge is 0.463 e. The zero-order chi connectivity index (χ0) is 13.7. The van der Waals surface area contributed by atoms with Gasteiger partial charge in [0.15, 0.2) is 0 Å². The van der Waals surface area contributed by atoms with Gasteiger partial charge < -0.3 is 14.3 Å². The Morgan fingerprint density at radius 3 is 2.67 bits per heavy atom. The van der Waals surface area contributed by atoms with Crippen molar-refractivity contribution in [2.24, 2.45) is 0 Å². The van der Waals surface area contributed by atoms with Crippen LogP contribution >= 0.6 is 0 Å². The molecule has 0 aliphatic heterocycles. The lowest BCUT2D eigenvalue weighted by molar-refractivity contribution is 0.0559. The number of furan rings is 1. The highest BCUT2D eigenvalue weighted by Gasteiger charge is 2.20. The van der Waals surface area contributed by atoms with Crippen molar-refractivity contribution < 1.29 is 19.1 Å². The number of carbonyl (C=O) groups excluding carboxylic acids is 1. The summed E-state index contributed by atoms with van der Waals surface area (Å²) >= 11 is 0. The highest BCUT2D eigenvalue weighted by molar-refractivity contribution is 5.87. The monoisotopic (exact) mass is 255 g/mol. The minimum Gasteiger partial charge on any atom is -0.463 e. The van der Waals surface area contributed by atoms with Crippen molar-refractivity contribution in [3.63, 3.8) is 0 Å². The lowest BCUT2D eigenvalue weighted by atomic mass is 10.2. The molecule has 1 heterocycles. The molecular formula is C13H21NO4. The van der Waals surface area contributed by atoms with E-state index in [4.69, 9.17) is 4.42 Å². The predicted molar refractivity (Wildman–Crippen MR) is 67.3 cm³/mol. The Morgan fingerprint density at radius 2 is 2.17 bits per heavy atom. The molecule has 0 fully saturated rings. The van der Waals surface area contributed by atoms with Gasteiger partial charge in [0.2, 0.25) is 5.76 Å². The maximum absolute atomic E-state index is 11.5. The lowest BCUT2D eigenvalue weighted by Gasteiger charge is -2.27. The molecule has 18 heavy (non-hydrogen) atoms. The van der Waals surface area contributed by atoms with Gasteiger partial charge in [-0.2, -0.15) is 0 Å². The number of nitrogens with zero attached hydrogens (tertiary/aromatic N) is 1. The number of aliphatic hydroxyl groups excluding tert-OH is 1. The summed E-state index contributed by atoms with van der Waals surface area (Å²) in [5.74, 6) is -0.246. The molecule has 0 aliphatic carbocycles. The number of carbonyl (C=O) groups is 1. The molecule has 0 amide bonds. The maximum atomic E-state index is 11.5. The molecule has 1 rings (SSSR count). The van der Waals surface area contributed by atoms with Crippen molar-refractivity contribution in [3.05, 3.63) is 23.7 Å². The molecule has 1 aromatic rings. The third-order valence-electron chi connectivity index (χ3n) is 2.72. The zero-order valence-corrected chi connectivity index (χ0v) is 11.3. The van der Waals surface area contributed by atoms with E-state index in [0.29, 0.717) is 13.1 Å². The number of methoxy groups -OCH3 is 1. The van der Waals surface area contributed by atoms with Gasteiger partial charge in [-0.15, -0.1) is 0 Å². The summed E-state index contributed by atoms with van der Waals surface area (Å²) < 4.78 is 9.80. The van der Waals surface area contributed by atoms with Crippen LogP contribution in [0.5, 0.6) is 0 Å². The van der Waals surface area contributed by atoms with E-state index in [1.165, 1.54) is 13.4 Å². The SMILES string of the molecule is COC(=O)c1occc1CN(CC(C)O)C(C)C. The molecule has 1 atom stereocenters. The average molecular weight is 255 g/mol. The molecule has 0 bridgehead atoms. The summed E-state index contributed by atoms with van der Waals surface area (Å²) in [4.78, 5) is 13.6. The summed E-state index contributed by atoms with van der Waals surface area (Å²) in [5.41, 5.74) is 0.774. The number of ether oxygens (including phenoxy) is 1. The maximum Gasteiger partial charge on any atom is 0.374 e. The van der Waals surface area contributed by atoms with Crippen molar-refractivity contribution in [3.8, 4) is 0 Å². The molecule has 0 aromatic carbocycles. The predicted octanol–water partition coefficient (Wildman–Crippen LogP) is 1.66. The first-order valence-electron chi connectivity index (χ1n) is 6.02. The van der Waals surface area contributed by atoms with Crippen molar-refractivity contribution in [1.29, 1.82) is 0 Å². The number of aliphatic hydroxyl groups is 1. The molecule has 0 saturated carbocycles. The molecule has 0 radical (unpaired) electrons. The molecule has 102 valence electrons. The molecule has 5 heteroatoms. The summed E-state index contributed by atoms with van der Waals surface area (Å²) in [5, 5.41) is 9.47. The summed E-state index contributed by atoms with van der Waals surface area (Å²) in [6.07, 6.45) is 1.06. The summed E-state index contributed by atoms with van der Waals surface area (Å²) in [6, 6.07) is 2.02. The second-order valence-corrected chi connectivity index (χ2v) is 4.64. The Balaban J connectivity index is 2.81. The van der Waals surface area contributed by atoms with E-state index >= 15 is 0 Å². The minimum atomic E-state index is -0.476. The normalized spacial score (nSPS) is 13.1. The van der Waals surface area contributed by atoms with Gasteiger partial charge in [-0.05, 0) is 26.8 Å². The average Bonchev–Trinajstić information content (AvgIpc) is 2.74. The van der Waals surface area contributed by atoms with Gasteiger partial charge in [0.25, 0.3) is 0 Å². The number of hydrogen-bond acceptors (Lipinski definition) is 5. The summed E-state index contributed by atoms with van der Waals surface area (Å²) in [6.45, 7) is 6.92. The van der Waals surface area contributed by atoms with Gasteiger partial charge in [-0.3, -0.25) is 4.90 Å². The smallest absolute Gasteiger partial charge is 0.374 e. The zero-order valence-electron chi connectivity index (χ0n) is 11.3. The van der Waals surface area contributed by atoms with Crippen molar-refractivity contribution in [1.82, 2.24) is 4.90 Å². The second-order valence-electron chi connectivity index (χ2n) is 4.64. The third kappa shape index (κ3) is 3.85. The third-order valence-corrected chi connectivity index (χ3v) is 2.72. The van der Waals surface area contributed by atoms with Crippen LogP contribution in [-0.4, -0.2) is 41.8 Å². The van der Waals surface area contributed by atoms with Gasteiger partial charge >= 0.3 is 5.97 Å². The van der Waals surface area contributed by atoms with E-state index in [2.05, 4.69) is 9.64 Å². The van der Waals surface area contributed by atoms with Crippen LogP contribution in [0.1, 0.15) is 36.9 Å². The second kappa shape index (κ2) is 6.56. The Bertz CT molecular complexity index is 384.